The first-order chi connectivity index (χ1) is 14.7. The fraction of sp³-hybridized carbons (Fsp3) is 0.520. The molecule has 1 aliphatic heterocycles. The van der Waals surface area contributed by atoms with Crippen LogP contribution in [-0.4, -0.2) is 26.0 Å². The molecule has 0 spiro atoms. The molecule has 4 nitrogen and oxygen atoms in total. The lowest BCUT2D eigenvalue weighted by molar-refractivity contribution is -0.0445. The summed E-state index contributed by atoms with van der Waals surface area (Å²) in [6.07, 6.45) is 8.05. The summed E-state index contributed by atoms with van der Waals surface area (Å²) in [5.41, 5.74) is 0.971. The minimum absolute atomic E-state index is 0.0562. The molecule has 0 amide bonds. The summed E-state index contributed by atoms with van der Waals surface area (Å²) in [6, 6.07) is 14.9. The van der Waals surface area contributed by atoms with E-state index in [1.54, 1.807) is 11.8 Å². The predicted molar refractivity (Wildman–Crippen MR) is 130 cm³/mol. The lowest BCUT2D eigenvalue weighted by atomic mass is 9.87. The highest BCUT2D eigenvalue weighted by atomic mass is 32.2. The van der Waals surface area contributed by atoms with Gasteiger partial charge in [0.2, 0.25) is 0 Å². The first-order valence-corrected chi connectivity index (χ1v) is 15.2. The van der Waals surface area contributed by atoms with Gasteiger partial charge in [0, 0.05) is 17.2 Å². The van der Waals surface area contributed by atoms with Crippen molar-refractivity contribution in [3.63, 3.8) is 0 Å². The van der Waals surface area contributed by atoms with E-state index in [4.69, 9.17) is 9.16 Å². The second-order valence-electron chi connectivity index (χ2n) is 9.13. The second-order valence-corrected chi connectivity index (χ2v) is 14.8. The van der Waals surface area contributed by atoms with Crippen molar-refractivity contribution >= 4 is 20.1 Å². The molecule has 0 aliphatic carbocycles. The van der Waals surface area contributed by atoms with Gasteiger partial charge in [-0.2, -0.15) is 10.5 Å². The summed E-state index contributed by atoms with van der Waals surface area (Å²) < 4.78 is 12.4. The molecule has 1 aliphatic rings. The van der Waals surface area contributed by atoms with Crippen LogP contribution in [0.15, 0.2) is 59.0 Å². The number of hydrogen-bond donors (Lipinski definition) is 0. The lowest BCUT2D eigenvalue weighted by Gasteiger charge is -2.36. The van der Waals surface area contributed by atoms with Crippen LogP contribution in [0.4, 0.5) is 0 Å². The van der Waals surface area contributed by atoms with E-state index in [1.807, 2.05) is 37.3 Å². The van der Waals surface area contributed by atoms with E-state index >= 15 is 0 Å². The SMILES string of the molecule is C/C(=C\C=C\[C@@H](C)[C@H]1C[C@@H](CC#N)C[C@H](Sc2ccccc2)O1)C(C#N)O[Si](C)(C)C. The highest BCUT2D eigenvalue weighted by Crippen LogP contribution is 2.38. The highest BCUT2D eigenvalue weighted by molar-refractivity contribution is 7.99. The van der Waals surface area contributed by atoms with Crippen LogP contribution < -0.4 is 0 Å². The standard InChI is InChI=1S/C25H34N2O2SSi/c1-19(10-9-11-20(2)24(18-27)29-31(3,4)5)23-16-21(14-15-26)17-25(28-23)30-22-12-7-6-8-13-22/h6-13,19,21,23-25H,14,16-17H2,1-5H3/b10-9+,20-11+/t19-,21-,23-,24?,25+/m1/s1. The Kier molecular flexibility index (Phi) is 10.1. The van der Waals surface area contributed by atoms with Gasteiger partial charge < -0.3 is 9.16 Å². The molecule has 0 aromatic heterocycles. The zero-order valence-electron chi connectivity index (χ0n) is 19.2. The Labute approximate surface area is 193 Å². The number of thioether (sulfide) groups is 1. The van der Waals surface area contributed by atoms with Gasteiger partial charge in [-0.3, -0.25) is 0 Å². The number of nitrogens with zero attached hydrogens (tertiary/aromatic N) is 2. The van der Waals surface area contributed by atoms with Crippen molar-refractivity contribution in [3.8, 4) is 12.1 Å². The molecule has 0 N–H and O–H groups in total. The zero-order valence-corrected chi connectivity index (χ0v) is 21.1. The molecule has 1 saturated heterocycles. The fourth-order valence-corrected chi connectivity index (χ4v) is 5.66. The molecule has 1 heterocycles. The Morgan fingerprint density at radius 1 is 1.26 bits per heavy atom. The van der Waals surface area contributed by atoms with Crippen LogP contribution >= 0.6 is 11.8 Å². The third-order valence-electron chi connectivity index (χ3n) is 5.17. The summed E-state index contributed by atoms with van der Waals surface area (Å²) in [7, 11) is -1.78. The van der Waals surface area contributed by atoms with E-state index in [9.17, 15) is 10.5 Å². The number of benzene rings is 1. The number of nitriles is 2. The third kappa shape index (κ3) is 9.05. The first-order valence-electron chi connectivity index (χ1n) is 10.9. The van der Waals surface area contributed by atoms with Gasteiger partial charge in [0.05, 0.1) is 18.2 Å². The van der Waals surface area contributed by atoms with Gasteiger partial charge >= 0.3 is 0 Å². The molecule has 1 aromatic rings. The number of allylic oxidation sites excluding steroid dienone is 2. The number of rotatable bonds is 9. The molecular weight excluding hydrogens is 420 g/mol. The number of ether oxygens (including phenoxy) is 1. The molecule has 2 rings (SSSR count). The van der Waals surface area contributed by atoms with Crippen molar-refractivity contribution in [2.24, 2.45) is 11.8 Å². The van der Waals surface area contributed by atoms with Crippen LogP contribution in [0.3, 0.4) is 0 Å². The predicted octanol–water partition coefficient (Wildman–Crippen LogP) is 6.70. The first kappa shape index (κ1) is 25.4. The largest absolute Gasteiger partial charge is 0.399 e. The maximum absolute atomic E-state index is 9.44. The monoisotopic (exact) mass is 454 g/mol. The number of hydrogen-bond acceptors (Lipinski definition) is 5. The van der Waals surface area contributed by atoms with Crippen LogP contribution in [0.2, 0.25) is 19.6 Å². The van der Waals surface area contributed by atoms with Crippen LogP contribution in [0.25, 0.3) is 0 Å². The average Bonchev–Trinajstić information content (AvgIpc) is 2.72. The molecule has 1 aromatic carbocycles. The summed E-state index contributed by atoms with van der Waals surface area (Å²) in [5.74, 6) is 0.564. The van der Waals surface area contributed by atoms with Crippen LogP contribution in [0, 0.1) is 34.5 Å². The highest BCUT2D eigenvalue weighted by Gasteiger charge is 2.32. The molecule has 0 radical (unpaired) electrons. The maximum Gasteiger partial charge on any atom is 0.185 e. The Balaban J connectivity index is 2.03. The van der Waals surface area contributed by atoms with Gasteiger partial charge in [-0.05, 0) is 63.0 Å². The minimum Gasteiger partial charge on any atom is -0.399 e. The summed E-state index contributed by atoms with van der Waals surface area (Å²) in [6.45, 7) is 10.4. The quantitative estimate of drug-likeness (QED) is 0.307. The van der Waals surface area contributed by atoms with Crippen molar-refractivity contribution in [2.75, 3.05) is 0 Å². The van der Waals surface area contributed by atoms with Gasteiger partial charge in [-0.15, -0.1) is 0 Å². The van der Waals surface area contributed by atoms with Crippen LogP contribution in [0.5, 0.6) is 0 Å². The Morgan fingerprint density at radius 3 is 2.58 bits per heavy atom. The molecule has 6 heteroatoms. The smallest absolute Gasteiger partial charge is 0.185 e. The molecule has 5 atom stereocenters. The van der Waals surface area contributed by atoms with E-state index in [1.165, 1.54) is 4.90 Å². The zero-order chi connectivity index (χ0) is 22.9. The molecule has 0 bridgehead atoms. The van der Waals surface area contributed by atoms with Crippen molar-refractivity contribution in [2.45, 2.75) is 75.3 Å². The van der Waals surface area contributed by atoms with Crippen molar-refractivity contribution in [1.29, 1.82) is 10.5 Å². The van der Waals surface area contributed by atoms with E-state index < -0.39 is 14.4 Å². The molecule has 1 unspecified atom stereocenters. The summed E-state index contributed by atoms with van der Waals surface area (Å²) in [5, 5.41) is 18.7. The second kappa shape index (κ2) is 12.3. The van der Waals surface area contributed by atoms with E-state index in [2.05, 4.69) is 56.9 Å². The maximum atomic E-state index is 9.44. The summed E-state index contributed by atoms with van der Waals surface area (Å²) >= 11 is 1.74. The van der Waals surface area contributed by atoms with Crippen molar-refractivity contribution < 1.29 is 9.16 Å². The Bertz CT molecular complexity index is 836. The van der Waals surface area contributed by atoms with E-state index in [0.717, 1.165) is 18.4 Å². The molecule has 1 fully saturated rings. The molecule has 0 saturated carbocycles. The average molecular weight is 455 g/mol. The van der Waals surface area contributed by atoms with Crippen LogP contribution in [-0.2, 0) is 9.16 Å². The fourth-order valence-electron chi connectivity index (χ4n) is 3.53. The lowest BCUT2D eigenvalue weighted by Crippen LogP contribution is -2.34. The minimum atomic E-state index is -1.78. The van der Waals surface area contributed by atoms with Gasteiger partial charge in [0.1, 0.15) is 5.44 Å². The topological polar surface area (TPSA) is 66.0 Å². The molecule has 31 heavy (non-hydrogen) atoms. The van der Waals surface area contributed by atoms with Gasteiger partial charge in [0.25, 0.3) is 0 Å². The van der Waals surface area contributed by atoms with E-state index in [0.29, 0.717) is 12.3 Å². The Hall–Kier alpha value is -1.83. The molecular formula is C25H34N2O2SSi. The van der Waals surface area contributed by atoms with Gasteiger partial charge in [-0.25, -0.2) is 0 Å². The van der Waals surface area contributed by atoms with Gasteiger partial charge in [0.15, 0.2) is 14.4 Å². The van der Waals surface area contributed by atoms with Crippen molar-refractivity contribution in [3.05, 3.63) is 54.1 Å². The van der Waals surface area contributed by atoms with Crippen LogP contribution in [0.1, 0.15) is 33.1 Å². The van der Waals surface area contributed by atoms with E-state index in [-0.39, 0.29) is 17.5 Å². The Morgan fingerprint density at radius 2 is 1.97 bits per heavy atom. The van der Waals surface area contributed by atoms with Crippen molar-refractivity contribution in [1.82, 2.24) is 0 Å². The third-order valence-corrected chi connectivity index (χ3v) is 7.22. The normalized spacial score (nSPS) is 24.4. The van der Waals surface area contributed by atoms with Gasteiger partial charge in [-0.1, -0.05) is 55.1 Å². The molecule has 166 valence electrons. The summed E-state index contributed by atoms with van der Waals surface area (Å²) in [4.78, 5) is 1.19.